The predicted molar refractivity (Wildman–Crippen MR) is 105 cm³/mol. The van der Waals surface area contributed by atoms with Gasteiger partial charge in [-0.2, -0.15) is 0 Å². The Morgan fingerprint density at radius 2 is 1.76 bits per heavy atom. The Bertz CT molecular complexity index is 1020. The molecule has 0 unspecified atom stereocenters. The molecule has 4 rings (SSSR count). The zero-order valence-electron chi connectivity index (χ0n) is 15.9. The zero-order valence-corrected chi connectivity index (χ0v) is 15.9. The maximum absolute atomic E-state index is 13.1. The van der Waals surface area contributed by atoms with E-state index < -0.39 is 6.09 Å². The summed E-state index contributed by atoms with van der Waals surface area (Å²) in [7, 11) is 0. The van der Waals surface area contributed by atoms with Gasteiger partial charge in [-0.1, -0.05) is 18.2 Å². The summed E-state index contributed by atoms with van der Waals surface area (Å²) in [5, 5.41) is 0.696. The van der Waals surface area contributed by atoms with Gasteiger partial charge in [0, 0.05) is 43.1 Å². The van der Waals surface area contributed by atoms with Crippen molar-refractivity contribution in [2.24, 2.45) is 0 Å². The van der Waals surface area contributed by atoms with E-state index in [2.05, 4.69) is 4.98 Å². The molecule has 0 radical (unpaired) electrons. The number of aromatic amines is 1. The number of ether oxygens (including phenoxy) is 1. The molecule has 152 valence electrons. The third-order valence-corrected chi connectivity index (χ3v) is 5.29. The van der Waals surface area contributed by atoms with Gasteiger partial charge in [-0.05, 0) is 12.5 Å². The first-order chi connectivity index (χ1) is 14.0. The van der Waals surface area contributed by atoms with Crippen LogP contribution in [0.3, 0.4) is 0 Å². The Balaban J connectivity index is 1.46. The van der Waals surface area contributed by atoms with Crippen molar-refractivity contribution in [2.45, 2.75) is 6.42 Å². The highest BCUT2D eigenvalue weighted by atomic mass is 16.6. The van der Waals surface area contributed by atoms with Gasteiger partial charge in [0.15, 0.2) is 0 Å². The number of carbonyl (C=O) groups excluding carboxylic acids is 3. The second-order valence-electron chi connectivity index (χ2n) is 7.16. The molecule has 2 fully saturated rings. The van der Waals surface area contributed by atoms with Gasteiger partial charge in [0.05, 0.1) is 12.1 Å². The molecule has 1 aromatic heterocycles. The molecule has 0 aliphatic carbocycles. The number of pyridine rings is 1. The minimum absolute atomic E-state index is 0.00845. The highest BCUT2D eigenvalue weighted by Crippen LogP contribution is 2.18. The first-order valence-electron chi connectivity index (χ1n) is 9.64. The Morgan fingerprint density at radius 1 is 1.00 bits per heavy atom. The number of hydrogen-bond acceptors (Lipinski definition) is 5. The van der Waals surface area contributed by atoms with E-state index in [9.17, 15) is 19.2 Å². The molecule has 9 nitrogen and oxygen atoms in total. The Morgan fingerprint density at radius 3 is 2.55 bits per heavy atom. The predicted octanol–water partition coefficient (Wildman–Crippen LogP) is 0.655. The Hall–Kier alpha value is -3.36. The van der Waals surface area contributed by atoms with Crippen LogP contribution in [0.1, 0.15) is 16.8 Å². The molecule has 29 heavy (non-hydrogen) atoms. The number of benzene rings is 1. The molecule has 2 aliphatic rings. The first kappa shape index (κ1) is 19.0. The number of para-hydroxylation sites is 1. The van der Waals surface area contributed by atoms with Crippen molar-refractivity contribution in [1.29, 1.82) is 0 Å². The molecular formula is C20H22N4O5. The molecule has 2 aromatic rings. The Labute approximate surface area is 166 Å². The number of carbonyl (C=O) groups is 3. The van der Waals surface area contributed by atoms with Crippen LogP contribution in [-0.4, -0.2) is 83.5 Å². The SMILES string of the molecule is O=C(CN1CCOC1=O)N1CCCN(C(=O)c2cc(=O)[nH]c3ccccc23)CC1. The third-order valence-electron chi connectivity index (χ3n) is 5.29. The first-order valence-corrected chi connectivity index (χ1v) is 9.64. The van der Waals surface area contributed by atoms with Crippen molar-refractivity contribution in [1.82, 2.24) is 19.7 Å². The van der Waals surface area contributed by atoms with Crippen molar-refractivity contribution in [2.75, 3.05) is 45.9 Å². The van der Waals surface area contributed by atoms with E-state index in [1.165, 1.54) is 11.0 Å². The van der Waals surface area contributed by atoms with Crippen LogP contribution in [0.2, 0.25) is 0 Å². The van der Waals surface area contributed by atoms with E-state index in [0.29, 0.717) is 62.2 Å². The van der Waals surface area contributed by atoms with E-state index >= 15 is 0 Å². The van der Waals surface area contributed by atoms with E-state index in [1.54, 1.807) is 28.0 Å². The molecule has 1 N–H and O–H groups in total. The van der Waals surface area contributed by atoms with Crippen LogP contribution in [-0.2, 0) is 9.53 Å². The highest BCUT2D eigenvalue weighted by Gasteiger charge is 2.28. The number of fused-ring (bicyclic) bond motifs is 1. The van der Waals surface area contributed by atoms with Crippen molar-refractivity contribution in [3.63, 3.8) is 0 Å². The van der Waals surface area contributed by atoms with Crippen LogP contribution in [0.4, 0.5) is 4.79 Å². The van der Waals surface area contributed by atoms with Crippen LogP contribution in [0.25, 0.3) is 10.9 Å². The van der Waals surface area contributed by atoms with Crippen molar-refractivity contribution >= 4 is 28.8 Å². The largest absolute Gasteiger partial charge is 0.448 e. The van der Waals surface area contributed by atoms with Gasteiger partial charge in [0.2, 0.25) is 11.5 Å². The lowest BCUT2D eigenvalue weighted by atomic mass is 10.1. The highest BCUT2D eigenvalue weighted by molar-refractivity contribution is 6.06. The number of H-pyrrole nitrogens is 1. The van der Waals surface area contributed by atoms with E-state index in [1.807, 2.05) is 6.07 Å². The summed E-state index contributed by atoms with van der Waals surface area (Å²) in [6.07, 6.45) is 0.162. The second-order valence-corrected chi connectivity index (χ2v) is 7.16. The topological polar surface area (TPSA) is 103 Å². The van der Waals surface area contributed by atoms with Crippen LogP contribution in [0.15, 0.2) is 35.1 Å². The van der Waals surface area contributed by atoms with Gasteiger partial charge in [-0.3, -0.25) is 19.3 Å². The standard InChI is InChI=1S/C20H22N4O5/c25-17-12-15(14-4-1-2-5-16(14)21-17)19(27)23-7-3-6-22(8-9-23)18(26)13-24-10-11-29-20(24)28/h1-2,4-5,12H,3,6-11,13H2,(H,21,25). The summed E-state index contributed by atoms with van der Waals surface area (Å²) < 4.78 is 4.86. The maximum Gasteiger partial charge on any atom is 0.410 e. The maximum atomic E-state index is 13.1. The summed E-state index contributed by atoms with van der Waals surface area (Å²) in [5.74, 6) is -0.371. The Kier molecular flexibility index (Phi) is 5.20. The number of amides is 3. The monoisotopic (exact) mass is 398 g/mol. The molecule has 3 amide bonds. The number of hydrogen-bond donors (Lipinski definition) is 1. The van der Waals surface area contributed by atoms with Crippen molar-refractivity contribution < 1.29 is 19.1 Å². The van der Waals surface area contributed by atoms with Gasteiger partial charge in [0.25, 0.3) is 5.91 Å². The van der Waals surface area contributed by atoms with Crippen molar-refractivity contribution in [3.05, 3.63) is 46.2 Å². The smallest absolute Gasteiger partial charge is 0.410 e. The van der Waals surface area contributed by atoms with E-state index in [4.69, 9.17) is 4.74 Å². The number of nitrogens with zero attached hydrogens (tertiary/aromatic N) is 3. The van der Waals surface area contributed by atoms with Crippen LogP contribution in [0, 0.1) is 0 Å². The molecule has 3 heterocycles. The van der Waals surface area contributed by atoms with Gasteiger partial charge >= 0.3 is 6.09 Å². The summed E-state index contributed by atoms with van der Waals surface area (Å²) in [5.41, 5.74) is 0.660. The van der Waals surface area contributed by atoms with Crippen LogP contribution < -0.4 is 5.56 Å². The zero-order chi connectivity index (χ0) is 20.4. The fourth-order valence-corrected chi connectivity index (χ4v) is 3.75. The van der Waals surface area contributed by atoms with Gasteiger partial charge in [-0.25, -0.2) is 4.79 Å². The average molecular weight is 398 g/mol. The van der Waals surface area contributed by atoms with E-state index in [0.717, 1.165) is 0 Å². The fourth-order valence-electron chi connectivity index (χ4n) is 3.75. The third kappa shape index (κ3) is 3.94. The van der Waals surface area contributed by atoms with Crippen molar-refractivity contribution in [3.8, 4) is 0 Å². The summed E-state index contributed by atoms with van der Waals surface area (Å²) in [4.78, 5) is 56.7. The second kappa shape index (κ2) is 7.94. The molecule has 0 spiro atoms. The summed E-state index contributed by atoms with van der Waals surface area (Å²) in [6.45, 7) is 2.48. The molecule has 0 atom stereocenters. The van der Waals surface area contributed by atoms with Gasteiger partial charge in [-0.15, -0.1) is 0 Å². The van der Waals surface area contributed by atoms with Gasteiger partial charge in [0.1, 0.15) is 13.2 Å². The summed E-state index contributed by atoms with van der Waals surface area (Å²) in [6, 6.07) is 8.53. The molecule has 0 bridgehead atoms. The number of aromatic nitrogens is 1. The molecular weight excluding hydrogens is 376 g/mol. The van der Waals surface area contributed by atoms with E-state index in [-0.39, 0.29) is 23.9 Å². The lowest BCUT2D eigenvalue weighted by molar-refractivity contribution is -0.131. The number of rotatable bonds is 3. The molecule has 2 aliphatic heterocycles. The quantitative estimate of drug-likeness (QED) is 0.818. The van der Waals surface area contributed by atoms with Crippen LogP contribution >= 0.6 is 0 Å². The molecule has 2 saturated heterocycles. The number of nitrogens with one attached hydrogen (secondary N) is 1. The molecule has 9 heteroatoms. The van der Waals surface area contributed by atoms with Gasteiger partial charge < -0.3 is 19.5 Å². The minimum atomic E-state index is -0.467. The molecule has 0 saturated carbocycles. The molecule has 1 aromatic carbocycles. The number of cyclic esters (lactones) is 1. The van der Waals surface area contributed by atoms with Crippen LogP contribution in [0.5, 0.6) is 0 Å². The normalized spacial score (nSPS) is 17.4. The average Bonchev–Trinajstić information content (AvgIpc) is 2.97. The lowest BCUT2D eigenvalue weighted by Gasteiger charge is -2.24. The minimum Gasteiger partial charge on any atom is -0.448 e. The lowest BCUT2D eigenvalue weighted by Crippen LogP contribution is -2.43. The summed E-state index contributed by atoms with van der Waals surface area (Å²) >= 11 is 0. The fraction of sp³-hybridized carbons (Fsp3) is 0.400.